The van der Waals surface area contributed by atoms with Gasteiger partial charge in [-0.2, -0.15) is 0 Å². The first-order chi connectivity index (χ1) is 4.09. The number of aliphatic hydroxyl groups is 2. The molecule has 0 aliphatic rings. The summed E-state index contributed by atoms with van der Waals surface area (Å²) in [7, 11) is 0. The van der Waals surface area contributed by atoms with Gasteiger partial charge in [-0.15, -0.1) is 0 Å². The molecule has 0 aromatic carbocycles. The summed E-state index contributed by atoms with van der Waals surface area (Å²) in [6.45, 7) is 0. The molecule has 3 N–H and O–H groups in total. The minimum Gasteiger partial charge on any atom is -0.479 e. The molecule has 0 radical (unpaired) electrons. The maximum atomic E-state index is 9.87. The van der Waals surface area contributed by atoms with Gasteiger partial charge in [-0.25, -0.2) is 4.79 Å². The van der Waals surface area contributed by atoms with E-state index in [1.54, 1.807) is 0 Å². The van der Waals surface area contributed by atoms with Crippen molar-refractivity contribution in [1.82, 2.24) is 0 Å². The van der Waals surface area contributed by atoms with Crippen LogP contribution in [0.3, 0.4) is 0 Å². The van der Waals surface area contributed by atoms with Crippen molar-refractivity contribution in [1.29, 1.82) is 0 Å². The van der Waals surface area contributed by atoms with Crippen LogP contribution in [0.4, 0.5) is 0 Å². The summed E-state index contributed by atoms with van der Waals surface area (Å²) in [6, 6.07) is 0. The highest BCUT2D eigenvalue weighted by Gasteiger charge is 2.21. The van der Waals surface area contributed by atoms with Gasteiger partial charge in [-0.05, 0) is 0 Å². The molecule has 4 nitrogen and oxygen atoms in total. The summed E-state index contributed by atoms with van der Waals surface area (Å²) >= 11 is 2.81. The van der Waals surface area contributed by atoms with Crippen molar-refractivity contribution < 1.29 is 20.1 Å². The Bertz CT molecular complexity index is 105. The van der Waals surface area contributed by atoms with Crippen LogP contribution in [0.15, 0.2) is 0 Å². The van der Waals surface area contributed by atoms with Gasteiger partial charge in [-0.3, -0.25) is 0 Å². The third-order valence-electron chi connectivity index (χ3n) is 0.776. The second-order valence-corrected chi connectivity index (χ2v) is 2.15. The number of aliphatic carboxylic acids is 1. The van der Waals surface area contributed by atoms with Crippen LogP contribution in [0.2, 0.25) is 0 Å². The fourth-order valence-electron chi connectivity index (χ4n) is 0.249. The number of rotatable bonds is 3. The monoisotopic (exact) mass is 198 g/mol. The number of alkyl halides is 1. The highest BCUT2D eigenvalue weighted by Crippen LogP contribution is 1.96. The lowest BCUT2D eigenvalue weighted by atomic mass is 10.2. The molecule has 54 valence electrons. The smallest absolute Gasteiger partial charge is 0.335 e. The first-order valence-corrected chi connectivity index (χ1v) is 3.36. The average Bonchev–Trinajstić information content (AvgIpc) is 1.84. The van der Waals surface area contributed by atoms with Gasteiger partial charge in [0.25, 0.3) is 0 Å². The Morgan fingerprint density at radius 3 is 2.11 bits per heavy atom. The number of carbonyl (C=O) groups is 1. The van der Waals surface area contributed by atoms with Crippen LogP contribution in [0.1, 0.15) is 0 Å². The molecular formula is C4H7BrO4. The molecular weight excluding hydrogens is 192 g/mol. The van der Waals surface area contributed by atoms with Gasteiger partial charge in [0.05, 0.1) is 0 Å². The number of hydrogen-bond acceptors (Lipinski definition) is 3. The summed E-state index contributed by atoms with van der Waals surface area (Å²) in [5, 5.41) is 25.2. The second kappa shape index (κ2) is 3.81. The highest BCUT2D eigenvalue weighted by atomic mass is 79.9. The van der Waals surface area contributed by atoms with Crippen molar-refractivity contribution in [2.75, 3.05) is 5.33 Å². The molecule has 0 fully saturated rings. The molecule has 0 saturated carbocycles. The zero-order chi connectivity index (χ0) is 7.44. The van der Waals surface area contributed by atoms with Crippen LogP contribution in [-0.2, 0) is 4.79 Å². The fourth-order valence-corrected chi connectivity index (χ4v) is 0.603. The number of hydrogen-bond donors (Lipinski definition) is 3. The van der Waals surface area contributed by atoms with E-state index in [4.69, 9.17) is 15.3 Å². The average molecular weight is 199 g/mol. The van der Waals surface area contributed by atoms with Crippen molar-refractivity contribution in [3.8, 4) is 0 Å². The van der Waals surface area contributed by atoms with Crippen LogP contribution in [0.5, 0.6) is 0 Å². The van der Waals surface area contributed by atoms with Gasteiger partial charge in [-0.1, -0.05) is 15.9 Å². The van der Waals surface area contributed by atoms with Crippen molar-refractivity contribution in [2.24, 2.45) is 0 Å². The predicted molar refractivity (Wildman–Crippen MR) is 33.4 cm³/mol. The maximum Gasteiger partial charge on any atom is 0.335 e. The maximum absolute atomic E-state index is 9.87. The second-order valence-electron chi connectivity index (χ2n) is 1.50. The molecule has 0 saturated heterocycles. The van der Waals surface area contributed by atoms with E-state index >= 15 is 0 Å². The van der Waals surface area contributed by atoms with Gasteiger partial charge in [0.1, 0.15) is 6.10 Å². The van der Waals surface area contributed by atoms with E-state index in [0.717, 1.165) is 0 Å². The molecule has 5 heteroatoms. The molecule has 0 aromatic rings. The van der Waals surface area contributed by atoms with Gasteiger partial charge in [0, 0.05) is 5.33 Å². The van der Waals surface area contributed by atoms with E-state index in [-0.39, 0.29) is 5.33 Å². The number of carboxylic acid groups (broad SMARTS) is 1. The van der Waals surface area contributed by atoms with E-state index in [2.05, 4.69) is 15.9 Å². The Kier molecular flexibility index (Phi) is 3.76. The lowest BCUT2D eigenvalue weighted by Crippen LogP contribution is -2.34. The van der Waals surface area contributed by atoms with Crippen molar-refractivity contribution in [3.63, 3.8) is 0 Å². The van der Waals surface area contributed by atoms with Crippen molar-refractivity contribution in [3.05, 3.63) is 0 Å². The minimum absolute atomic E-state index is 0.0560. The molecule has 0 rings (SSSR count). The SMILES string of the molecule is O=C(O)[C@@H](O)[C@H](O)CBr. The van der Waals surface area contributed by atoms with Crippen LogP contribution in [-0.4, -0.2) is 38.8 Å². The largest absolute Gasteiger partial charge is 0.479 e. The molecule has 0 spiro atoms. The fraction of sp³-hybridized carbons (Fsp3) is 0.750. The Morgan fingerprint density at radius 2 is 2.00 bits per heavy atom. The summed E-state index contributed by atoms with van der Waals surface area (Å²) in [6.07, 6.45) is -2.92. The van der Waals surface area contributed by atoms with Crippen molar-refractivity contribution >= 4 is 21.9 Å². The quantitative estimate of drug-likeness (QED) is 0.519. The van der Waals surface area contributed by atoms with E-state index in [0.29, 0.717) is 0 Å². The molecule has 0 unspecified atom stereocenters. The number of halogens is 1. The standard InChI is InChI=1S/C4H7BrO4/c5-1-2(6)3(7)4(8)9/h2-3,6-7H,1H2,(H,8,9)/t2-,3+/m1/s1. The van der Waals surface area contributed by atoms with Crippen LogP contribution in [0, 0.1) is 0 Å². The van der Waals surface area contributed by atoms with Gasteiger partial charge >= 0.3 is 5.97 Å². The Labute approximate surface area is 60.2 Å². The summed E-state index contributed by atoms with van der Waals surface area (Å²) < 4.78 is 0. The molecule has 2 atom stereocenters. The highest BCUT2D eigenvalue weighted by molar-refractivity contribution is 9.09. The first-order valence-electron chi connectivity index (χ1n) is 2.24. The molecule has 0 heterocycles. The first kappa shape index (κ1) is 8.87. The van der Waals surface area contributed by atoms with Gasteiger partial charge in [0.15, 0.2) is 6.10 Å². The van der Waals surface area contributed by atoms with E-state index < -0.39 is 18.2 Å². The van der Waals surface area contributed by atoms with Crippen LogP contribution < -0.4 is 0 Å². The molecule has 0 bridgehead atoms. The van der Waals surface area contributed by atoms with Gasteiger partial charge < -0.3 is 15.3 Å². The van der Waals surface area contributed by atoms with Crippen molar-refractivity contribution in [2.45, 2.75) is 12.2 Å². The normalized spacial score (nSPS) is 16.8. The molecule has 0 amide bonds. The van der Waals surface area contributed by atoms with E-state index in [9.17, 15) is 4.79 Å². The summed E-state index contributed by atoms with van der Waals surface area (Å²) in [5.74, 6) is -1.41. The molecule has 0 aromatic heterocycles. The Hall–Kier alpha value is -0.130. The zero-order valence-corrected chi connectivity index (χ0v) is 6.08. The Balaban J connectivity index is 3.72. The third kappa shape index (κ3) is 2.78. The van der Waals surface area contributed by atoms with Crippen LogP contribution >= 0.6 is 15.9 Å². The lowest BCUT2D eigenvalue weighted by molar-refractivity contribution is -0.151. The van der Waals surface area contributed by atoms with E-state index in [1.807, 2.05) is 0 Å². The molecule has 0 aliphatic carbocycles. The molecule has 0 aliphatic heterocycles. The van der Waals surface area contributed by atoms with Crippen LogP contribution in [0.25, 0.3) is 0 Å². The minimum atomic E-state index is -1.69. The number of carboxylic acids is 1. The van der Waals surface area contributed by atoms with E-state index in [1.165, 1.54) is 0 Å². The summed E-state index contributed by atoms with van der Waals surface area (Å²) in [4.78, 5) is 9.87. The zero-order valence-electron chi connectivity index (χ0n) is 4.49. The topological polar surface area (TPSA) is 77.8 Å². The third-order valence-corrected chi connectivity index (χ3v) is 1.44. The predicted octanol–water partition coefficient (Wildman–Crippen LogP) is -0.812. The lowest BCUT2D eigenvalue weighted by Gasteiger charge is -2.08. The Morgan fingerprint density at radius 1 is 1.56 bits per heavy atom. The number of aliphatic hydroxyl groups excluding tert-OH is 2. The molecule has 9 heavy (non-hydrogen) atoms. The van der Waals surface area contributed by atoms with Gasteiger partial charge in [0.2, 0.25) is 0 Å². The summed E-state index contributed by atoms with van der Waals surface area (Å²) in [5.41, 5.74) is 0.